The number of rotatable bonds is 3. The average Bonchev–Trinajstić information content (AvgIpc) is 3.04. The Morgan fingerprint density at radius 3 is 3.09 bits per heavy atom. The molecule has 1 fully saturated rings. The summed E-state index contributed by atoms with van der Waals surface area (Å²) in [6.45, 7) is 2.89. The largest absolute Gasteiger partial charge is 0.466 e. The second-order valence-electron chi connectivity index (χ2n) is 5.37. The van der Waals surface area contributed by atoms with Gasteiger partial charge in [-0.2, -0.15) is 0 Å². The summed E-state index contributed by atoms with van der Waals surface area (Å²) < 4.78 is 6.40. The van der Waals surface area contributed by atoms with Crippen molar-refractivity contribution in [2.24, 2.45) is 5.92 Å². The average molecular weight is 335 g/mol. The van der Waals surface area contributed by atoms with Crippen LogP contribution in [0.25, 0.3) is 4.96 Å². The van der Waals surface area contributed by atoms with E-state index in [1.165, 1.54) is 21.9 Å². The molecule has 1 amide bonds. The molecule has 1 atom stereocenters. The maximum atomic E-state index is 12.6. The van der Waals surface area contributed by atoms with E-state index in [9.17, 15) is 14.4 Å². The normalized spacial score (nSPS) is 18.1. The minimum atomic E-state index is -0.378. The van der Waals surface area contributed by atoms with Gasteiger partial charge in [0, 0.05) is 30.9 Å². The molecule has 0 aliphatic carbocycles. The van der Waals surface area contributed by atoms with E-state index < -0.39 is 0 Å². The molecule has 1 unspecified atom stereocenters. The fourth-order valence-corrected chi connectivity index (χ4v) is 3.43. The molecule has 8 heteroatoms. The van der Waals surface area contributed by atoms with Gasteiger partial charge in [0.25, 0.3) is 11.5 Å². The monoisotopic (exact) mass is 335 g/mol. The number of likely N-dealkylation sites (tertiary alicyclic amines) is 1. The smallest absolute Gasteiger partial charge is 0.310 e. The molecule has 23 heavy (non-hydrogen) atoms. The number of thiazole rings is 1. The van der Waals surface area contributed by atoms with Crippen LogP contribution < -0.4 is 5.56 Å². The third kappa shape index (κ3) is 2.98. The second kappa shape index (κ2) is 6.49. The Labute approximate surface area is 136 Å². The lowest BCUT2D eigenvalue weighted by Gasteiger charge is -2.31. The molecule has 0 N–H and O–H groups in total. The molecule has 0 saturated carbocycles. The van der Waals surface area contributed by atoms with E-state index >= 15 is 0 Å². The van der Waals surface area contributed by atoms with Crippen molar-refractivity contribution in [1.29, 1.82) is 0 Å². The van der Waals surface area contributed by atoms with Gasteiger partial charge in [-0.1, -0.05) is 0 Å². The fourth-order valence-electron chi connectivity index (χ4n) is 2.76. The molecule has 0 radical (unpaired) electrons. The van der Waals surface area contributed by atoms with Gasteiger partial charge in [0.15, 0.2) is 4.96 Å². The summed E-state index contributed by atoms with van der Waals surface area (Å²) in [4.78, 5) is 43.1. The Kier molecular flexibility index (Phi) is 4.42. The lowest BCUT2D eigenvalue weighted by molar-refractivity contribution is -0.149. The van der Waals surface area contributed by atoms with Crippen LogP contribution in [-0.2, 0) is 9.53 Å². The lowest BCUT2D eigenvalue weighted by Crippen LogP contribution is -2.44. The van der Waals surface area contributed by atoms with Crippen molar-refractivity contribution in [1.82, 2.24) is 14.3 Å². The van der Waals surface area contributed by atoms with Crippen molar-refractivity contribution in [3.63, 3.8) is 0 Å². The zero-order valence-electron chi connectivity index (χ0n) is 12.7. The minimum absolute atomic E-state index is 0.0328. The van der Waals surface area contributed by atoms with Gasteiger partial charge in [-0.05, 0) is 19.8 Å². The van der Waals surface area contributed by atoms with E-state index in [2.05, 4.69) is 4.98 Å². The Balaban J connectivity index is 1.82. The van der Waals surface area contributed by atoms with Crippen LogP contribution in [0, 0.1) is 5.92 Å². The van der Waals surface area contributed by atoms with Gasteiger partial charge in [0.2, 0.25) is 0 Å². The summed E-state index contributed by atoms with van der Waals surface area (Å²) in [5.74, 6) is -0.988. The first-order valence-electron chi connectivity index (χ1n) is 7.52. The van der Waals surface area contributed by atoms with Crippen molar-refractivity contribution < 1.29 is 14.3 Å². The molecular weight excluding hydrogens is 318 g/mol. The van der Waals surface area contributed by atoms with Gasteiger partial charge < -0.3 is 9.64 Å². The Morgan fingerprint density at radius 2 is 2.30 bits per heavy atom. The molecule has 1 saturated heterocycles. The summed E-state index contributed by atoms with van der Waals surface area (Å²) in [5.41, 5.74) is -0.343. The Hall–Kier alpha value is -2.22. The highest BCUT2D eigenvalue weighted by atomic mass is 32.1. The van der Waals surface area contributed by atoms with Gasteiger partial charge in [0.1, 0.15) is 5.56 Å². The summed E-state index contributed by atoms with van der Waals surface area (Å²) in [5, 5.41) is 1.75. The summed E-state index contributed by atoms with van der Waals surface area (Å²) in [7, 11) is 0. The molecule has 0 bridgehead atoms. The molecule has 3 heterocycles. The Bertz CT molecular complexity index is 797. The number of esters is 1. The van der Waals surface area contributed by atoms with Crippen molar-refractivity contribution in [2.75, 3.05) is 19.7 Å². The number of ether oxygens (including phenoxy) is 1. The third-order valence-electron chi connectivity index (χ3n) is 3.90. The molecule has 0 spiro atoms. The SMILES string of the molecule is CCOC(=O)C1CCCN(C(=O)c2cnc3sccn3c2=O)C1. The van der Waals surface area contributed by atoms with Crippen LogP contribution in [0.4, 0.5) is 0 Å². The molecule has 0 aromatic carbocycles. The van der Waals surface area contributed by atoms with E-state index in [4.69, 9.17) is 4.74 Å². The predicted molar refractivity (Wildman–Crippen MR) is 84.6 cm³/mol. The first kappa shape index (κ1) is 15.7. The first-order chi connectivity index (χ1) is 11.1. The molecule has 2 aromatic heterocycles. The number of piperidine rings is 1. The van der Waals surface area contributed by atoms with Crippen LogP contribution in [0.1, 0.15) is 30.1 Å². The maximum absolute atomic E-state index is 12.6. The number of nitrogens with zero attached hydrogens (tertiary/aromatic N) is 3. The highest BCUT2D eigenvalue weighted by Crippen LogP contribution is 2.19. The standard InChI is InChI=1S/C15H17N3O4S/c1-2-22-14(21)10-4-3-5-17(9-10)12(19)11-8-16-15-18(13(11)20)6-7-23-15/h6-8,10H,2-5,9H2,1H3. The summed E-state index contributed by atoms with van der Waals surface area (Å²) in [6, 6.07) is 0. The Morgan fingerprint density at radius 1 is 1.48 bits per heavy atom. The second-order valence-corrected chi connectivity index (χ2v) is 6.25. The van der Waals surface area contributed by atoms with Gasteiger partial charge in [-0.3, -0.25) is 18.8 Å². The van der Waals surface area contributed by atoms with Crippen molar-refractivity contribution in [3.05, 3.63) is 33.7 Å². The van der Waals surface area contributed by atoms with Gasteiger partial charge in [0.05, 0.1) is 12.5 Å². The number of amides is 1. The van der Waals surface area contributed by atoms with E-state index in [-0.39, 0.29) is 35.5 Å². The molecule has 3 rings (SSSR count). The molecule has 1 aliphatic heterocycles. The number of hydrogen-bond acceptors (Lipinski definition) is 6. The van der Waals surface area contributed by atoms with E-state index in [1.54, 1.807) is 23.4 Å². The number of carbonyl (C=O) groups excluding carboxylic acids is 2. The summed E-state index contributed by atoms with van der Waals surface area (Å²) in [6.07, 6.45) is 4.34. The van der Waals surface area contributed by atoms with E-state index in [0.717, 1.165) is 0 Å². The molecule has 2 aromatic rings. The highest BCUT2D eigenvalue weighted by molar-refractivity contribution is 7.15. The van der Waals surface area contributed by atoms with Crippen LogP contribution in [0.3, 0.4) is 0 Å². The maximum Gasteiger partial charge on any atom is 0.310 e. The molecular formula is C15H17N3O4S. The van der Waals surface area contributed by atoms with Crippen LogP contribution >= 0.6 is 11.3 Å². The lowest BCUT2D eigenvalue weighted by atomic mass is 9.97. The summed E-state index contributed by atoms with van der Waals surface area (Å²) >= 11 is 1.33. The first-order valence-corrected chi connectivity index (χ1v) is 8.40. The predicted octanol–water partition coefficient (Wildman–Crippen LogP) is 1.17. The van der Waals surface area contributed by atoms with Crippen molar-refractivity contribution in [2.45, 2.75) is 19.8 Å². The van der Waals surface area contributed by atoms with Crippen molar-refractivity contribution in [3.8, 4) is 0 Å². The van der Waals surface area contributed by atoms with E-state index in [0.29, 0.717) is 31.0 Å². The van der Waals surface area contributed by atoms with Crippen LogP contribution in [0.15, 0.2) is 22.6 Å². The van der Waals surface area contributed by atoms with Crippen molar-refractivity contribution >= 4 is 28.2 Å². The van der Waals surface area contributed by atoms with Crippen LogP contribution in [0.5, 0.6) is 0 Å². The topological polar surface area (TPSA) is 81.0 Å². The van der Waals surface area contributed by atoms with Gasteiger partial charge >= 0.3 is 5.97 Å². The zero-order chi connectivity index (χ0) is 16.4. The number of fused-ring (bicyclic) bond motifs is 1. The fraction of sp³-hybridized carbons (Fsp3) is 0.467. The third-order valence-corrected chi connectivity index (χ3v) is 4.67. The molecule has 7 nitrogen and oxygen atoms in total. The highest BCUT2D eigenvalue weighted by Gasteiger charge is 2.31. The quantitative estimate of drug-likeness (QED) is 0.787. The van der Waals surface area contributed by atoms with Crippen LogP contribution in [0.2, 0.25) is 0 Å². The van der Waals surface area contributed by atoms with Gasteiger partial charge in [-0.25, -0.2) is 4.98 Å². The van der Waals surface area contributed by atoms with Gasteiger partial charge in [-0.15, -0.1) is 11.3 Å². The number of aromatic nitrogens is 2. The van der Waals surface area contributed by atoms with E-state index in [1.807, 2.05) is 0 Å². The zero-order valence-corrected chi connectivity index (χ0v) is 13.5. The molecule has 1 aliphatic rings. The van der Waals surface area contributed by atoms with Crippen LogP contribution in [-0.4, -0.2) is 45.9 Å². The minimum Gasteiger partial charge on any atom is -0.466 e. The number of hydrogen-bond donors (Lipinski definition) is 0. The molecule has 122 valence electrons. The number of carbonyl (C=O) groups is 2.